The standard InChI is InChI=1S/C10H18N2O2/c1-6(5-13)11-10(14)8-4-7-2-3-9(8)12-7/h6-9,12-13H,2-5H2,1H3,(H,11,14)/t6-,7?,8?,9?/m1/s1. The lowest BCUT2D eigenvalue weighted by Crippen LogP contribution is -2.42. The van der Waals surface area contributed by atoms with Crippen LogP contribution in [-0.4, -0.2) is 35.7 Å². The summed E-state index contributed by atoms with van der Waals surface area (Å²) in [6.45, 7) is 1.83. The van der Waals surface area contributed by atoms with Gasteiger partial charge in [-0.25, -0.2) is 0 Å². The molecule has 3 N–H and O–H groups in total. The van der Waals surface area contributed by atoms with Gasteiger partial charge in [-0.3, -0.25) is 4.79 Å². The van der Waals surface area contributed by atoms with E-state index in [1.807, 2.05) is 6.92 Å². The van der Waals surface area contributed by atoms with Gasteiger partial charge < -0.3 is 15.7 Å². The fourth-order valence-electron chi connectivity index (χ4n) is 2.51. The zero-order chi connectivity index (χ0) is 10.1. The van der Waals surface area contributed by atoms with E-state index < -0.39 is 0 Å². The Kier molecular flexibility index (Phi) is 2.74. The number of hydrogen-bond donors (Lipinski definition) is 3. The van der Waals surface area contributed by atoms with Gasteiger partial charge in [0.05, 0.1) is 12.5 Å². The van der Waals surface area contributed by atoms with E-state index in [1.54, 1.807) is 0 Å². The van der Waals surface area contributed by atoms with E-state index in [0.29, 0.717) is 12.1 Å². The lowest BCUT2D eigenvalue weighted by atomic mass is 9.88. The van der Waals surface area contributed by atoms with Crippen molar-refractivity contribution in [2.45, 2.75) is 44.3 Å². The third-order valence-corrected chi connectivity index (χ3v) is 3.30. The minimum Gasteiger partial charge on any atom is -0.394 e. The first-order chi connectivity index (χ1) is 6.70. The van der Waals surface area contributed by atoms with Gasteiger partial charge in [-0.1, -0.05) is 0 Å². The maximum absolute atomic E-state index is 11.7. The van der Waals surface area contributed by atoms with Crippen LogP contribution in [0.4, 0.5) is 0 Å². The maximum atomic E-state index is 11.7. The molecule has 2 bridgehead atoms. The van der Waals surface area contributed by atoms with Gasteiger partial charge in [0.25, 0.3) is 0 Å². The van der Waals surface area contributed by atoms with Crippen LogP contribution in [0.5, 0.6) is 0 Å². The van der Waals surface area contributed by atoms with Gasteiger partial charge in [0.2, 0.25) is 5.91 Å². The highest BCUT2D eigenvalue weighted by Gasteiger charge is 2.42. The highest BCUT2D eigenvalue weighted by atomic mass is 16.3. The van der Waals surface area contributed by atoms with Crippen molar-refractivity contribution in [2.24, 2.45) is 5.92 Å². The van der Waals surface area contributed by atoms with E-state index in [2.05, 4.69) is 10.6 Å². The molecule has 0 saturated carbocycles. The summed E-state index contributed by atoms with van der Waals surface area (Å²) in [6.07, 6.45) is 3.30. The second-order valence-corrected chi connectivity index (χ2v) is 4.48. The first kappa shape index (κ1) is 9.93. The number of hydrogen-bond acceptors (Lipinski definition) is 3. The van der Waals surface area contributed by atoms with Gasteiger partial charge in [-0.05, 0) is 26.2 Å². The third-order valence-electron chi connectivity index (χ3n) is 3.30. The Labute approximate surface area is 84.1 Å². The van der Waals surface area contributed by atoms with Crippen LogP contribution < -0.4 is 10.6 Å². The second-order valence-electron chi connectivity index (χ2n) is 4.48. The molecule has 2 fully saturated rings. The molecule has 2 aliphatic heterocycles. The number of carbonyl (C=O) groups excluding carboxylic acids is 1. The molecule has 0 aromatic rings. The van der Waals surface area contributed by atoms with Crippen LogP contribution in [0.1, 0.15) is 26.2 Å². The summed E-state index contributed by atoms with van der Waals surface area (Å²) >= 11 is 0. The van der Waals surface area contributed by atoms with Crippen molar-refractivity contribution in [1.82, 2.24) is 10.6 Å². The van der Waals surface area contributed by atoms with E-state index >= 15 is 0 Å². The molecule has 4 atom stereocenters. The average molecular weight is 198 g/mol. The number of aliphatic hydroxyl groups is 1. The van der Waals surface area contributed by atoms with Gasteiger partial charge >= 0.3 is 0 Å². The van der Waals surface area contributed by atoms with Gasteiger partial charge in [0.1, 0.15) is 0 Å². The molecule has 2 heterocycles. The molecule has 4 heteroatoms. The van der Waals surface area contributed by atoms with Crippen molar-refractivity contribution in [2.75, 3.05) is 6.61 Å². The van der Waals surface area contributed by atoms with Crippen LogP contribution in [-0.2, 0) is 4.79 Å². The Morgan fingerprint density at radius 2 is 2.43 bits per heavy atom. The summed E-state index contributed by atoms with van der Waals surface area (Å²) in [5.74, 6) is 0.231. The molecular weight excluding hydrogens is 180 g/mol. The normalized spacial score (nSPS) is 37.1. The SMILES string of the molecule is C[C@H](CO)NC(=O)C1CC2CCC1N2. The average Bonchev–Trinajstić information content (AvgIpc) is 2.78. The molecule has 80 valence electrons. The molecule has 1 amide bonds. The minimum atomic E-state index is -0.123. The summed E-state index contributed by atoms with van der Waals surface area (Å²) in [5.41, 5.74) is 0. The Morgan fingerprint density at radius 3 is 2.93 bits per heavy atom. The van der Waals surface area contributed by atoms with E-state index in [-0.39, 0.29) is 24.5 Å². The molecule has 0 aliphatic carbocycles. The lowest BCUT2D eigenvalue weighted by molar-refractivity contribution is -0.126. The minimum absolute atomic E-state index is 0.0139. The molecule has 2 aliphatic rings. The Hall–Kier alpha value is -0.610. The number of fused-ring (bicyclic) bond motifs is 2. The summed E-state index contributed by atoms with van der Waals surface area (Å²) in [5, 5.41) is 15.1. The van der Waals surface area contributed by atoms with Crippen LogP contribution in [0.3, 0.4) is 0 Å². The van der Waals surface area contributed by atoms with Crippen molar-refractivity contribution < 1.29 is 9.90 Å². The molecule has 0 aromatic carbocycles. The molecule has 2 saturated heterocycles. The van der Waals surface area contributed by atoms with Gasteiger partial charge in [0.15, 0.2) is 0 Å². The molecule has 0 aromatic heterocycles. The predicted molar refractivity (Wildman–Crippen MR) is 52.7 cm³/mol. The second kappa shape index (κ2) is 3.87. The zero-order valence-corrected chi connectivity index (χ0v) is 8.49. The maximum Gasteiger partial charge on any atom is 0.225 e. The predicted octanol–water partition coefficient (Wildman–Crippen LogP) is -0.376. The number of nitrogens with one attached hydrogen (secondary N) is 2. The number of carbonyl (C=O) groups is 1. The quantitative estimate of drug-likeness (QED) is 0.579. The summed E-state index contributed by atoms with van der Waals surface area (Å²) in [4.78, 5) is 11.7. The first-order valence-electron chi connectivity index (χ1n) is 5.38. The van der Waals surface area contributed by atoms with Crippen molar-refractivity contribution in [3.63, 3.8) is 0 Å². The Morgan fingerprint density at radius 1 is 1.64 bits per heavy atom. The molecular formula is C10H18N2O2. The summed E-state index contributed by atoms with van der Waals surface area (Å²) in [7, 11) is 0. The molecule has 14 heavy (non-hydrogen) atoms. The highest BCUT2D eigenvalue weighted by Crippen LogP contribution is 2.33. The fourth-order valence-corrected chi connectivity index (χ4v) is 2.51. The zero-order valence-electron chi connectivity index (χ0n) is 8.49. The summed E-state index contributed by atoms with van der Waals surface area (Å²) < 4.78 is 0. The van der Waals surface area contributed by atoms with Crippen LogP contribution in [0.25, 0.3) is 0 Å². The van der Waals surface area contributed by atoms with Crippen molar-refractivity contribution >= 4 is 5.91 Å². The molecule has 3 unspecified atom stereocenters. The van der Waals surface area contributed by atoms with Crippen LogP contribution in [0.2, 0.25) is 0 Å². The van der Waals surface area contributed by atoms with Gasteiger partial charge in [0, 0.05) is 18.1 Å². The summed E-state index contributed by atoms with van der Waals surface area (Å²) in [6, 6.07) is 0.813. The first-order valence-corrected chi connectivity index (χ1v) is 5.38. The Bertz CT molecular complexity index is 232. The topological polar surface area (TPSA) is 61.4 Å². The van der Waals surface area contributed by atoms with Gasteiger partial charge in [-0.15, -0.1) is 0 Å². The largest absolute Gasteiger partial charge is 0.394 e. The number of rotatable bonds is 3. The monoisotopic (exact) mass is 198 g/mol. The molecule has 4 nitrogen and oxygen atoms in total. The van der Waals surface area contributed by atoms with Crippen LogP contribution in [0, 0.1) is 5.92 Å². The highest BCUT2D eigenvalue weighted by molar-refractivity contribution is 5.80. The van der Waals surface area contributed by atoms with Crippen LogP contribution >= 0.6 is 0 Å². The van der Waals surface area contributed by atoms with E-state index in [0.717, 1.165) is 12.8 Å². The fraction of sp³-hybridized carbons (Fsp3) is 0.900. The number of aliphatic hydroxyl groups excluding tert-OH is 1. The molecule has 2 rings (SSSR count). The molecule has 0 spiro atoms. The van der Waals surface area contributed by atoms with E-state index in [9.17, 15) is 4.79 Å². The Balaban J connectivity index is 1.87. The third kappa shape index (κ3) is 1.77. The number of amides is 1. The van der Waals surface area contributed by atoms with Crippen molar-refractivity contribution in [3.8, 4) is 0 Å². The van der Waals surface area contributed by atoms with Crippen molar-refractivity contribution in [1.29, 1.82) is 0 Å². The van der Waals surface area contributed by atoms with Crippen molar-refractivity contribution in [3.05, 3.63) is 0 Å². The van der Waals surface area contributed by atoms with Crippen LogP contribution in [0.15, 0.2) is 0 Å². The van der Waals surface area contributed by atoms with E-state index in [4.69, 9.17) is 5.11 Å². The molecule has 0 radical (unpaired) electrons. The van der Waals surface area contributed by atoms with Gasteiger partial charge in [-0.2, -0.15) is 0 Å². The lowest BCUT2D eigenvalue weighted by Gasteiger charge is -2.21. The smallest absolute Gasteiger partial charge is 0.225 e. The van der Waals surface area contributed by atoms with E-state index in [1.165, 1.54) is 6.42 Å².